The van der Waals surface area contributed by atoms with Gasteiger partial charge in [-0.25, -0.2) is 4.39 Å². The average Bonchev–Trinajstić information content (AvgIpc) is 2.30. The van der Waals surface area contributed by atoms with Gasteiger partial charge in [-0.1, -0.05) is 12.1 Å². The van der Waals surface area contributed by atoms with Gasteiger partial charge in [0.2, 0.25) is 0 Å². The van der Waals surface area contributed by atoms with Gasteiger partial charge in [0.05, 0.1) is 11.9 Å². The maximum atomic E-state index is 12.8. The van der Waals surface area contributed by atoms with Crippen molar-refractivity contribution in [3.05, 3.63) is 48.5 Å². The molecular weight excluding hydrogens is 191 g/mol. The SMILES string of the molecule is CNc1cnccc1-c1ccc(F)cc1. The third kappa shape index (κ3) is 1.96. The monoisotopic (exact) mass is 202 g/mol. The third-order valence-corrected chi connectivity index (χ3v) is 2.25. The molecule has 0 amide bonds. The van der Waals surface area contributed by atoms with E-state index in [1.807, 2.05) is 13.1 Å². The molecule has 0 saturated heterocycles. The van der Waals surface area contributed by atoms with E-state index in [2.05, 4.69) is 10.3 Å². The number of nitrogens with one attached hydrogen (secondary N) is 1. The molecule has 1 N–H and O–H groups in total. The Morgan fingerprint density at radius 3 is 2.53 bits per heavy atom. The van der Waals surface area contributed by atoms with Gasteiger partial charge >= 0.3 is 0 Å². The van der Waals surface area contributed by atoms with Gasteiger partial charge in [-0.2, -0.15) is 0 Å². The number of rotatable bonds is 2. The van der Waals surface area contributed by atoms with Crippen molar-refractivity contribution in [3.8, 4) is 11.1 Å². The van der Waals surface area contributed by atoms with Gasteiger partial charge in [-0.3, -0.25) is 4.98 Å². The fraction of sp³-hybridized carbons (Fsp3) is 0.0833. The predicted molar refractivity (Wildman–Crippen MR) is 59.2 cm³/mol. The van der Waals surface area contributed by atoms with Gasteiger partial charge < -0.3 is 5.32 Å². The zero-order valence-corrected chi connectivity index (χ0v) is 8.37. The molecule has 0 atom stereocenters. The lowest BCUT2D eigenvalue weighted by atomic mass is 10.1. The second-order valence-electron chi connectivity index (χ2n) is 3.18. The van der Waals surface area contributed by atoms with Crippen molar-refractivity contribution in [2.45, 2.75) is 0 Å². The van der Waals surface area contributed by atoms with Gasteiger partial charge in [0, 0.05) is 18.8 Å². The Kier molecular flexibility index (Phi) is 2.63. The van der Waals surface area contributed by atoms with Crippen molar-refractivity contribution in [2.75, 3.05) is 12.4 Å². The first-order chi connectivity index (χ1) is 7.31. The van der Waals surface area contributed by atoms with E-state index < -0.39 is 0 Å². The molecule has 15 heavy (non-hydrogen) atoms. The van der Waals surface area contributed by atoms with Crippen molar-refractivity contribution in [1.29, 1.82) is 0 Å². The Bertz CT molecular complexity index is 451. The maximum Gasteiger partial charge on any atom is 0.123 e. The molecular formula is C12H11FN2. The highest BCUT2D eigenvalue weighted by Gasteiger charge is 2.02. The fourth-order valence-corrected chi connectivity index (χ4v) is 1.47. The number of pyridine rings is 1. The van der Waals surface area contributed by atoms with E-state index in [1.54, 1.807) is 24.5 Å². The number of aromatic nitrogens is 1. The number of hydrogen-bond donors (Lipinski definition) is 1. The Balaban J connectivity index is 2.49. The van der Waals surface area contributed by atoms with Crippen LogP contribution in [0.1, 0.15) is 0 Å². The lowest BCUT2D eigenvalue weighted by molar-refractivity contribution is 0.628. The van der Waals surface area contributed by atoms with Crippen LogP contribution in [-0.2, 0) is 0 Å². The van der Waals surface area contributed by atoms with Crippen molar-refractivity contribution in [3.63, 3.8) is 0 Å². The molecule has 0 aliphatic carbocycles. The lowest BCUT2D eigenvalue weighted by Crippen LogP contribution is -1.92. The van der Waals surface area contributed by atoms with E-state index in [9.17, 15) is 4.39 Å². The maximum absolute atomic E-state index is 12.8. The summed E-state index contributed by atoms with van der Waals surface area (Å²) in [6.45, 7) is 0. The highest BCUT2D eigenvalue weighted by Crippen LogP contribution is 2.26. The summed E-state index contributed by atoms with van der Waals surface area (Å²) < 4.78 is 12.8. The van der Waals surface area contributed by atoms with E-state index in [4.69, 9.17) is 0 Å². The number of halogens is 1. The Morgan fingerprint density at radius 1 is 1.13 bits per heavy atom. The van der Waals surface area contributed by atoms with Gasteiger partial charge in [0.25, 0.3) is 0 Å². The van der Waals surface area contributed by atoms with Crippen LogP contribution in [0.25, 0.3) is 11.1 Å². The van der Waals surface area contributed by atoms with E-state index in [1.165, 1.54) is 12.1 Å². The third-order valence-electron chi connectivity index (χ3n) is 2.25. The molecule has 0 aliphatic rings. The van der Waals surface area contributed by atoms with E-state index >= 15 is 0 Å². The summed E-state index contributed by atoms with van der Waals surface area (Å²) in [5, 5.41) is 3.05. The summed E-state index contributed by atoms with van der Waals surface area (Å²) in [4.78, 5) is 4.02. The zero-order chi connectivity index (χ0) is 10.7. The van der Waals surface area contributed by atoms with Crippen LogP contribution in [0.15, 0.2) is 42.7 Å². The topological polar surface area (TPSA) is 24.9 Å². The first-order valence-electron chi connectivity index (χ1n) is 4.69. The molecule has 0 bridgehead atoms. The van der Waals surface area contributed by atoms with Crippen LogP contribution in [0, 0.1) is 5.82 Å². The summed E-state index contributed by atoms with van der Waals surface area (Å²) in [6.07, 6.45) is 3.47. The molecule has 2 aromatic rings. The Hall–Kier alpha value is -1.90. The Morgan fingerprint density at radius 2 is 1.87 bits per heavy atom. The number of nitrogens with zero attached hydrogens (tertiary/aromatic N) is 1. The molecule has 1 aromatic heterocycles. The first-order valence-corrected chi connectivity index (χ1v) is 4.69. The second kappa shape index (κ2) is 4.09. The highest BCUT2D eigenvalue weighted by atomic mass is 19.1. The average molecular weight is 202 g/mol. The molecule has 0 radical (unpaired) electrons. The molecule has 2 rings (SSSR count). The largest absolute Gasteiger partial charge is 0.386 e. The molecule has 0 saturated carbocycles. The second-order valence-corrected chi connectivity index (χ2v) is 3.18. The zero-order valence-electron chi connectivity index (χ0n) is 8.37. The van der Waals surface area contributed by atoms with Crippen LogP contribution in [-0.4, -0.2) is 12.0 Å². The van der Waals surface area contributed by atoms with Crippen LogP contribution < -0.4 is 5.32 Å². The van der Waals surface area contributed by atoms with Crippen molar-refractivity contribution in [1.82, 2.24) is 4.98 Å². The minimum Gasteiger partial charge on any atom is -0.386 e. The molecule has 0 unspecified atom stereocenters. The molecule has 1 aromatic carbocycles. The Labute approximate surface area is 87.8 Å². The van der Waals surface area contributed by atoms with Crippen molar-refractivity contribution < 1.29 is 4.39 Å². The molecule has 3 heteroatoms. The molecule has 0 fully saturated rings. The number of benzene rings is 1. The van der Waals surface area contributed by atoms with Crippen LogP contribution in [0.3, 0.4) is 0 Å². The molecule has 2 nitrogen and oxygen atoms in total. The summed E-state index contributed by atoms with van der Waals surface area (Å²) in [5.41, 5.74) is 2.93. The molecule has 0 aliphatic heterocycles. The number of hydrogen-bond acceptors (Lipinski definition) is 2. The molecule has 1 heterocycles. The van der Waals surface area contributed by atoms with Gasteiger partial charge in [0.1, 0.15) is 5.82 Å². The van der Waals surface area contributed by atoms with Crippen LogP contribution in [0.2, 0.25) is 0 Å². The van der Waals surface area contributed by atoms with Gasteiger partial charge in [-0.05, 0) is 23.8 Å². The minimum absolute atomic E-state index is 0.223. The molecule has 0 spiro atoms. The highest BCUT2D eigenvalue weighted by molar-refractivity contribution is 5.76. The van der Waals surface area contributed by atoms with Crippen LogP contribution in [0.5, 0.6) is 0 Å². The van der Waals surface area contributed by atoms with Gasteiger partial charge in [0.15, 0.2) is 0 Å². The van der Waals surface area contributed by atoms with Crippen molar-refractivity contribution >= 4 is 5.69 Å². The van der Waals surface area contributed by atoms with Crippen molar-refractivity contribution in [2.24, 2.45) is 0 Å². The fourth-order valence-electron chi connectivity index (χ4n) is 1.47. The van der Waals surface area contributed by atoms with Gasteiger partial charge in [-0.15, -0.1) is 0 Å². The summed E-state index contributed by atoms with van der Waals surface area (Å²) in [5.74, 6) is -0.223. The standard InChI is InChI=1S/C12H11FN2/c1-14-12-8-15-7-6-11(12)9-2-4-10(13)5-3-9/h2-8,14H,1H3. The smallest absolute Gasteiger partial charge is 0.123 e. The quantitative estimate of drug-likeness (QED) is 0.809. The number of anilines is 1. The predicted octanol–water partition coefficient (Wildman–Crippen LogP) is 2.93. The van der Waals surface area contributed by atoms with Crippen LogP contribution in [0.4, 0.5) is 10.1 Å². The normalized spacial score (nSPS) is 10.0. The summed E-state index contributed by atoms with van der Waals surface area (Å²) in [7, 11) is 1.84. The first kappa shape index (κ1) is 9.65. The minimum atomic E-state index is -0.223. The van der Waals surface area contributed by atoms with E-state index in [-0.39, 0.29) is 5.82 Å². The summed E-state index contributed by atoms with van der Waals surface area (Å²) >= 11 is 0. The van der Waals surface area contributed by atoms with E-state index in [0.717, 1.165) is 16.8 Å². The van der Waals surface area contributed by atoms with Crippen LogP contribution >= 0.6 is 0 Å². The molecule has 76 valence electrons. The lowest BCUT2D eigenvalue weighted by Gasteiger charge is -2.07. The summed E-state index contributed by atoms with van der Waals surface area (Å²) in [6, 6.07) is 8.32. The van der Waals surface area contributed by atoms with E-state index in [0.29, 0.717) is 0 Å².